The van der Waals surface area contributed by atoms with Gasteiger partial charge in [-0.3, -0.25) is 0 Å². The molecule has 6 heteroatoms. The van der Waals surface area contributed by atoms with Crippen LogP contribution in [0.15, 0.2) is 29.2 Å². The van der Waals surface area contributed by atoms with Crippen LogP contribution in [0.5, 0.6) is 0 Å². The quantitative estimate of drug-likeness (QED) is 0.834. The smallest absolute Gasteiger partial charge is 0.238 e. The number of hydrogen-bond acceptors (Lipinski definition) is 4. The summed E-state index contributed by atoms with van der Waals surface area (Å²) in [6.07, 6.45) is 1.07. The van der Waals surface area contributed by atoms with Crippen molar-refractivity contribution in [3.63, 3.8) is 0 Å². The molecule has 5 nitrogen and oxygen atoms in total. The maximum absolute atomic E-state index is 11.1. The minimum atomic E-state index is -3.60. The third-order valence-electron chi connectivity index (χ3n) is 2.80. The Bertz CT molecular complexity index is 464. The van der Waals surface area contributed by atoms with Crippen LogP contribution in [-0.4, -0.2) is 28.2 Å². The maximum atomic E-state index is 11.1. The summed E-state index contributed by atoms with van der Waals surface area (Å²) in [5.74, 6) is 0.535. The van der Waals surface area contributed by atoms with E-state index in [0.29, 0.717) is 5.92 Å². The molecule has 2 rings (SSSR count). The number of rotatable bonds is 4. The molecular weight excluding hydrogens is 240 g/mol. The Morgan fingerprint density at radius 2 is 2.06 bits per heavy atom. The first-order valence-corrected chi connectivity index (χ1v) is 7.05. The third-order valence-corrected chi connectivity index (χ3v) is 3.73. The highest BCUT2D eigenvalue weighted by molar-refractivity contribution is 7.89. The van der Waals surface area contributed by atoms with Crippen molar-refractivity contribution < 1.29 is 13.2 Å². The average molecular weight is 256 g/mol. The lowest BCUT2D eigenvalue weighted by molar-refractivity contribution is 0.187. The standard InChI is InChI=1S/C11H16N2O3S/c12-17(14,15)11-3-1-10(2-4-11)13-7-9-5-6-16-8-9/h1-4,9,13H,5-8H2,(H2,12,14,15). The highest BCUT2D eigenvalue weighted by atomic mass is 32.2. The predicted molar refractivity (Wildman–Crippen MR) is 65.2 cm³/mol. The van der Waals surface area contributed by atoms with E-state index in [9.17, 15) is 8.42 Å². The van der Waals surface area contributed by atoms with Crippen LogP contribution in [0.2, 0.25) is 0 Å². The molecule has 1 heterocycles. The molecule has 0 aliphatic carbocycles. The van der Waals surface area contributed by atoms with Gasteiger partial charge >= 0.3 is 0 Å². The van der Waals surface area contributed by atoms with Crippen LogP contribution in [0.3, 0.4) is 0 Å². The molecule has 0 radical (unpaired) electrons. The van der Waals surface area contributed by atoms with Gasteiger partial charge in [0, 0.05) is 24.8 Å². The fraction of sp³-hybridized carbons (Fsp3) is 0.455. The number of primary sulfonamides is 1. The van der Waals surface area contributed by atoms with E-state index in [0.717, 1.165) is 31.9 Å². The summed E-state index contributed by atoms with van der Waals surface area (Å²) >= 11 is 0. The van der Waals surface area contributed by atoms with Crippen LogP contribution in [0.4, 0.5) is 5.69 Å². The Balaban J connectivity index is 1.94. The highest BCUT2D eigenvalue weighted by Crippen LogP contribution is 2.16. The summed E-state index contributed by atoms with van der Waals surface area (Å²) in [4.78, 5) is 0.132. The van der Waals surface area contributed by atoms with Crippen molar-refractivity contribution in [3.05, 3.63) is 24.3 Å². The SMILES string of the molecule is NS(=O)(=O)c1ccc(NCC2CCOC2)cc1. The molecule has 1 aliphatic heterocycles. The van der Waals surface area contributed by atoms with E-state index in [2.05, 4.69) is 5.32 Å². The molecular formula is C11H16N2O3S. The molecule has 1 unspecified atom stereocenters. The summed E-state index contributed by atoms with van der Waals surface area (Å²) in [5.41, 5.74) is 0.893. The van der Waals surface area contributed by atoms with E-state index in [4.69, 9.17) is 9.88 Å². The first-order valence-electron chi connectivity index (χ1n) is 5.50. The number of hydrogen-bond donors (Lipinski definition) is 2. The van der Waals surface area contributed by atoms with Crippen molar-refractivity contribution in [2.24, 2.45) is 11.1 Å². The van der Waals surface area contributed by atoms with E-state index in [1.54, 1.807) is 12.1 Å². The third kappa shape index (κ3) is 3.42. The molecule has 0 bridgehead atoms. The Morgan fingerprint density at radius 3 is 2.59 bits per heavy atom. The van der Waals surface area contributed by atoms with Gasteiger partial charge in [-0.15, -0.1) is 0 Å². The van der Waals surface area contributed by atoms with Crippen LogP contribution in [0.25, 0.3) is 0 Å². The Kier molecular flexibility index (Phi) is 3.66. The van der Waals surface area contributed by atoms with E-state index in [-0.39, 0.29) is 4.90 Å². The van der Waals surface area contributed by atoms with Gasteiger partial charge in [-0.05, 0) is 30.7 Å². The van der Waals surface area contributed by atoms with Crippen molar-refractivity contribution in [2.45, 2.75) is 11.3 Å². The summed E-state index contributed by atoms with van der Waals surface area (Å²) in [6, 6.07) is 6.44. The molecule has 1 saturated heterocycles. The Hall–Kier alpha value is -1.11. The van der Waals surface area contributed by atoms with Crippen molar-refractivity contribution in [1.29, 1.82) is 0 Å². The van der Waals surface area contributed by atoms with E-state index in [1.807, 2.05) is 0 Å². The molecule has 94 valence electrons. The van der Waals surface area contributed by atoms with E-state index >= 15 is 0 Å². The van der Waals surface area contributed by atoms with Crippen LogP contribution >= 0.6 is 0 Å². The molecule has 1 aliphatic rings. The monoisotopic (exact) mass is 256 g/mol. The lowest BCUT2D eigenvalue weighted by atomic mass is 10.1. The molecule has 1 aromatic carbocycles. The summed E-state index contributed by atoms with van der Waals surface area (Å²) in [6.45, 7) is 2.47. The van der Waals surface area contributed by atoms with Gasteiger partial charge in [-0.2, -0.15) is 0 Å². The molecule has 1 fully saturated rings. The number of sulfonamides is 1. The van der Waals surface area contributed by atoms with Crippen molar-refractivity contribution in [2.75, 3.05) is 25.1 Å². The number of anilines is 1. The number of ether oxygens (including phenoxy) is 1. The summed E-state index contributed by atoms with van der Waals surface area (Å²) in [5, 5.41) is 8.27. The second-order valence-corrected chi connectivity index (χ2v) is 5.74. The van der Waals surface area contributed by atoms with Crippen molar-refractivity contribution in [3.8, 4) is 0 Å². The van der Waals surface area contributed by atoms with Gasteiger partial charge in [0.05, 0.1) is 11.5 Å². The van der Waals surface area contributed by atoms with Crippen LogP contribution < -0.4 is 10.5 Å². The molecule has 0 spiro atoms. The normalized spacial score (nSPS) is 20.4. The second kappa shape index (κ2) is 5.03. The zero-order chi connectivity index (χ0) is 12.3. The molecule has 0 amide bonds. The molecule has 0 saturated carbocycles. The number of benzene rings is 1. The van der Waals surface area contributed by atoms with Gasteiger partial charge in [-0.25, -0.2) is 13.6 Å². The van der Waals surface area contributed by atoms with E-state index < -0.39 is 10.0 Å². The zero-order valence-electron chi connectivity index (χ0n) is 9.43. The highest BCUT2D eigenvalue weighted by Gasteiger charge is 2.15. The second-order valence-electron chi connectivity index (χ2n) is 4.18. The van der Waals surface area contributed by atoms with Gasteiger partial charge in [0.15, 0.2) is 0 Å². The Labute approximate surface area is 101 Å². The molecule has 1 atom stereocenters. The Morgan fingerprint density at radius 1 is 1.35 bits per heavy atom. The first kappa shape index (κ1) is 12.3. The lowest BCUT2D eigenvalue weighted by Crippen LogP contribution is -2.14. The first-order chi connectivity index (χ1) is 8.05. The predicted octanol–water partition coefficient (Wildman–Crippen LogP) is 0.782. The fourth-order valence-electron chi connectivity index (χ4n) is 1.77. The number of nitrogens with two attached hydrogens (primary N) is 1. The van der Waals surface area contributed by atoms with Gasteiger partial charge in [0.25, 0.3) is 0 Å². The zero-order valence-corrected chi connectivity index (χ0v) is 10.2. The van der Waals surface area contributed by atoms with Gasteiger partial charge in [0.1, 0.15) is 0 Å². The molecule has 17 heavy (non-hydrogen) atoms. The molecule has 3 N–H and O–H groups in total. The minimum Gasteiger partial charge on any atom is -0.385 e. The summed E-state index contributed by atoms with van der Waals surface area (Å²) in [7, 11) is -3.60. The van der Waals surface area contributed by atoms with Crippen LogP contribution in [0, 0.1) is 5.92 Å². The summed E-state index contributed by atoms with van der Waals surface area (Å²) < 4.78 is 27.4. The number of nitrogens with one attached hydrogen (secondary N) is 1. The molecule has 1 aromatic rings. The van der Waals surface area contributed by atoms with Crippen molar-refractivity contribution >= 4 is 15.7 Å². The van der Waals surface area contributed by atoms with Crippen molar-refractivity contribution in [1.82, 2.24) is 0 Å². The minimum absolute atomic E-state index is 0.132. The largest absolute Gasteiger partial charge is 0.385 e. The van der Waals surface area contributed by atoms with Gasteiger partial charge in [-0.1, -0.05) is 0 Å². The lowest BCUT2D eigenvalue weighted by Gasteiger charge is -2.10. The van der Waals surface area contributed by atoms with Gasteiger partial charge < -0.3 is 10.1 Å². The van der Waals surface area contributed by atoms with Crippen LogP contribution in [-0.2, 0) is 14.8 Å². The van der Waals surface area contributed by atoms with Crippen LogP contribution in [0.1, 0.15) is 6.42 Å². The topological polar surface area (TPSA) is 81.4 Å². The average Bonchev–Trinajstić information content (AvgIpc) is 2.78. The maximum Gasteiger partial charge on any atom is 0.238 e. The van der Waals surface area contributed by atoms with Gasteiger partial charge in [0.2, 0.25) is 10.0 Å². The molecule has 0 aromatic heterocycles. The fourth-order valence-corrected chi connectivity index (χ4v) is 2.28. The van der Waals surface area contributed by atoms with E-state index in [1.165, 1.54) is 12.1 Å².